The van der Waals surface area contributed by atoms with Crippen molar-refractivity contribution in [3.05, 3.63) is 47.8 Å². The van der Waals surface area contributed by atoms with Gasteiger partial charge in [0.2, 0.25) is 0 Å². The molecule has 4 heteroatoms. The smallest absolute Gasteiger partial charge is 0.127 e. The largest absolute Gasteiger partial charge is 0.384 e. The van der Waals surface area contributed by atoms with Crippen molar-refractivity contribution in [2.75, 3.05) is 5.73 Å². The van der Waals surface area contributed by atoms with Gasteiger partial charge >= 0.3 is 0 Å². The first-order valence-electron chi connectivity index (χ1n) is 7.08. The van der Waals surface area contributed by atoms with E-state index in [0.29, 0.717) is 5.82 Å². The highest BCUT2D eigenvalue weighted by Gasteiger charge is 2.19. The van der Waals surface area contributed by atoms with Crippen molar-refractivity contribution < 1.29 is 0 Å². The Bertz CT molecular complexity index is 809. The lowest BCUT2D eigenvalue weighted by Gasteiger charge is -2.14. The maximum atomic E-state index is 6.12. The number of aromatic nitrogens is 3. The minimum Gasteiger partial charge on any atom is -0.384 e. The fourth-order valence-corrected chi connectivity index (χ4v) is 2.32. The molecule has 0 saturated heterocycles. The molecule has 3 rings (SSSR count). The maximum absolute atomic E-state index is 6.12. The maximum Gasteiger partial charge on any atom is 0.127 e. The number of nitrogens with two attached hydrogens (primary N) is 1. The van der Waals surface area contributed by atoms with Gasteiger partial charge in [0, 0.05) is 22.6 Å². The third kappa shape index (κ3) is 2.49. The van der Waals surface area contributed by atoms with Gasteiger partial charge in [-0.2, -0.15) is 5.10 Å². The normalized spacial score (nSPS) is 12.0. The monoisotopic (exact) mass is 280 g/mol. The van der Waals surface area contributed by atoms with Crippen LogP contribution in [0.2, 0.25) is 0 Å². The van der Waals surface area contributed by atoms with Crippen molar-refractivity contribution in [3.8, 4) is 5.69 Å². The summed E-state index contributed by atoms with van der Waals surface area (Å²) in [6, 6.07) is 12.1. The third-order valence-corrected chi connectivity index (χ3v) is 3.56. The summed E-state index contributed by atoms with van der Waals surface area (Å²) in [5, 5.41) is 5.74. The number of nitrogen functional groups attached to an aromatic ring is 1. The number of pyridine rings is 1. The zero-order valence-corrected chi connectivity index (χ0v) is 12.9. The molecule has 0 aliphatic heterocycles. The van der Waals surface area contributed by atoms with Gasteiger partial charge < -0.3 is 5.73 Å². The minimum absolute atomic E-state index is 0.0190. The van der Waals surface area contributed by atoms with E-state index in [2.05, 4.69) is 43.0 Å². The molecule has 0 bridgehead atoms. The number of anilines is 1. The molecule has 1 aromatic carbocycles. The molecule has 0 aliphatic rings. The lowest BCUT2D eigenvalue weighted by Crippen LogP contribution is -2.12. The molecule has 21 heavy (non-hydrogen) atoms. The number of rotatable bonds is 1. The second-order valence-electron chi connectivity index (χ2n) is 6.45. The topological polar surface area (TPSA) is 56.7 Å². The van der Waals surface area contributed by atoms with Crippen LogP contribution in [-0.2, 0) is 5.41 Å². The Hall–Kier alpha value is -2.36. The molecule has 0 radical (unpaired) electrons. The number of benzene rings is 1. The summed E-state index contributed by atoms with van der Waals surface area (Å²) in [5.74, 6) is 0.652. The summed E-state index contributed by atoms with van der Waals surface area (Å²) >= 11 is 0. The zero-order chi connectivity index (χ0) is 15.2. The van der Waals surface area contributed by atoms with E-state index >= 15 is 0 Å². The van der Waals surface area contributed by atoms with Gasteiger partial charge in [-0.15, -0.1) is 0 Å². The molecule has 3 aromatic rings. The highest BCUT2D eigenvalue weighted by molar-refractivity contribution is 5.81. The van der Waals surface area contributed by atoms with Crippen LogP contribution in [-0.4, -0.2) is 14.8 Å². The first-order chi connectivity index (χ1) is 9.84. The molecule has 4 nitrogen and oxygen atoms in total. The van der Waals surface area contributed by atoms with Gasteiger partial charge in [-0.05, 0) is 31.2 Å². The van der Waals surface area contributed by atoms with Crippen LogP contribution in [0.1, 0.15) is 32.2 Å². The highest BCUT2D eigenvalue weighted by Crippen LogP contribution is 2.25. The molecule has 0 saturated carbocycles. The second-order valence-corrected chi connectivity index (χ2v) is 6.45. The molecule has 2 heterocycles. The molecular formula is C17H20N4. The molecule has 0 atom stereocenters. The van der Waals surface area contributed by atoms with E-state index in [1.807, 2.05) is 31.2 Å². The molecule has 0 fully saturated rings. The Kier molecular flexibility index (Phi) is 2.97. The van der Waals surface area contributed by atoms with Crippen LogP contribution in [0, 0.1) is 6.92 Å². The minimum atomic E-state index is -0.0190. The summed E-state index contributed by atoms with van der Waals surface area (Å²) in [4.78, 5) is 4.52. The summed E-state index contributed by atoms with van der Waals surface area (Å²) in [6.07, 6.45) is 0. The van der Waals surface area contributed by atoms with Gasteiger partial charge in [0.05, 0.1) is 16.9 Å². The van der Waals surface area contributed by atoms with Crippen LogP contribution in [0.3, 0.4) is 0 Å². The van der Waals surface area contributed by atoms with Crippen molar-refractivity contribution in [2.45, 2.75) is 33.1 Å². The Balaban J connectivity index is 2.12. The van der Waals surface area contributed by atoms with E-state index < -0.39 is 0 Å². The lowest BCUT2D eigenvalue weighted by molar-refractivity contribution is 0.560. The van der Waals surface area contributed by atoms with Crippen molar-refractivity contribution in [1.82, 2.24) is 14.8 Å². The Morgan fingerprint density at radius 1 is 1.05 bits per heavy atom. The van der Waals surface area contributed by atoms with Gasteiger partial charge in [0.1, 0.15) is 5.82 Å². The molecule has 108 valence electrons. The van der Waals surface area contributed by atoms with Gasteiger partial charge in [0.25, 0.3) is 0 Å². The van der Waals surface area contributed by atoms with Crippen molar-refractivity contribution >= 4 is 16.7 Å². The SMILES string of the molecule is Cc1ccc2cc(-n3nc(C(C)(C)C)cc3N)ccc2n1. The summed E-state index contributed by atoms with van der Waals surface area (Å²) < 4.78 is 1.79. The van der Waals surface area contributed by atoms with Gasteiger partial charge in [-0.25, -0.2) is 4.68 Å². The average molecular weight is 280 g/mol. The molecule has 0 aliphatic carbocycles. The second kappa shape index (κ2) is 4.58. The Morgan fingerprint density at radius 3 is 2.48 bits per heavy atom. The van der Waals surface area contributed by atoms with E-state index in [1.165, 1.54) is 0 Å². The zero-order valence-electron chi connectivity index (χ0n) is 12.9. The predicted molar refractivity (Wildman–Crippen MR) is 86.7 cm³/mol. The molecule has 2 N–H and O–H groups in total. The fourth-order valence-electron chi connectivity index (χ4n) is 2.32. The Morgan fingerprint density at radius 2 is 1.81 bits per heavy atom. The number of fused-ring (bicyclic) bond motifs is 1. The number of nitrogens with zero attached hydrogens (tertiary/aromatic N) is 3. The molecule has 0 amide bonds. The first kappa shape index (κ1) is 13.6. The van der Waals surface area contributed by atoms with Gasteiger partial charge in [0.15, 0.2) is 0 Å². The average Bonchev–Trinajstić information content (AvgIpc) is 2.80. The van der Waals surface area contributed by atoms with E-state index in [-0.39, 0.29) is 5.41 Å². The van der Waals surface area contributed by atoms with Crippen LogP contribution in [0.15, 0.2) is 36.4 Å². The summed E-state index contributed by atoms with van der Waals surface area (Å²) in [5.41, 5.74) is 10.1. The lowest BCUT2D eigenvalue weighted by atomic mass is 9.92. The molecule has 0 spiro atoms. The van der Waals surface area contributed by atoms with E-state index in [9.17, 15) is 0 Å². The standard InChI is InChI=1S/C17H20N4/c1-11-5-6-12-9-13(7-8-14(12)19-11)21-16(18)10-15(20-21)17(2,3)4/h5-10H,18H2,1-4H3. The van der Waals surface area contributed by atoms with Crippen molar-refractivity contribution in [1.29, 1.82) is 0 Å². The van der Waals surface area contributed by atoms with Crippen LogP contribution in [0.4, 0.5) is 5.82 Å². The van der Waals surface area contributed by atoms with E-state index in [0.717, 1.165) is 28.0 Å². The quantitative estimate of drug-likeness (QED) is 0.741. The van der Waals surface area contributed by atoms with E-state index in [1.54, 1.807) is 4.68 Å². The fraction of sp³-hybridized carbons (Fsp3) is 0.294. The number of aryl methyl sites for hydroxylation is 1. The van der Waals surface area contributed by atoms with Crippen molar-refractivity contribution in [3.63, 3.8) is 0 Å². The first-order valence-corrected chi connectivity index (χ1v) is 7.08. The number of hydrogen-bond donors (Lipinski definition) is 1. The van der Waals surface area contributed by atoms with Gasteiger partial charge in [-0.1, -0.05) is 26.8 Å². The van der Waals surface area contributed by atoms with E-state index in [4.69, 9.17) is 5.73 Å². The molecular weight excluding hydrogens is 260 g/mol. The van der Waals surface area contributed by atoms with Crippen molar-refractivity contribution in [2.24, 2.45) is 0 Å². The van der Waals surface area contributed by atoms with Gasteiger partial charge in [-0.3, -0.25) is 4.98 Å². The van der Waals surface area contributed by atoms with Crippen LogP contribution < -0.4 is 5.73 Å². The molecule has 0 unspecified atom stereocenters. The number of hydrogen-bond acceptors (Lipinski definition) is 3. The summed E-state index contributed by atoms with van der Waals surface area (Å²) in [6.45, 7) is 8.39. The molecule has 2 aromatic heterocycles. The Labute approximate surface area is 124 Å². The highest BCUT2D eigenvalue weighted by atomic mass is 15.3. The third-order valence-electron chi connectivity index (χ3n) is 3.56. The predicted octanol–water partition coefficient (Wildman–Crippen LogP) is 3.61. The van der Waals surface area contributed by atoms with Crippen LogP contribution in [0.25, 0.3) is 16.6 Å². The summed E-state index contributed by atoms with van der Waals surface area (Å²) in [7, 11) is 0. The van der Waals surface area contributed by atoms with Crippen LogP contribution >= 0.6 is 0 Å². The van der Waals surface area contributed by atoms with Crippen LogP contribution in [0.5, 0.6) is 0 Å².